The van der Waals surface area contributed by atoms with Crippen LogP contribution in [0.25, 0.3) is 11.1 Å². The Balaban J connectivity index is 2.10. The van der Waals surface area contributed by atoms with Gasteiger partial charge in [0.15, 0.2) is 0 Å². The van der Waals surface area contributed by atoms with Gasteiger partial charge in [0.25, 0.3) is 0 Å². The molecule has 0 spiro atoms. The number of fused-ring (bicyclic) bond motifs is 1. The van der Waals surface area contributed by atoms with Crippen molar-refractivity contribution in [2.75, 3.05) is 6.54 Å². The molecule has 21 heavy (non-hydrogen) atoms. The number of benzene rings is 2. The van der Waals surface area contributed by atoms with Crippen LogP contribution in [0.1, 0.15) is 22.3 Å². The van der Waals surface area contributed by atoms with E-state index in [1.165, 1.54) is 17.2 Å². The Bertz CT molecular complexity index is 674. The van der Waals surface area contributed by atoms with Crippen molar-refractivity contribution < 1.29 is 13.2 Å². The lowest BCUT2D eigenvalue weighted by Crippen LogP contribution is -2.24. The minimum absolute atomic E-state index is 0.591. The molecule has 3 rings (SSSR count). The quantitative estimate of drug-likeness (QED) is 0.824. The SMILES string of the molecule is Cc1cc(C(F)(F)F)ccc1-c1cccc2c1CNCC2. The lowest BCUT2D eigenvalue weighted by molar-refractivity contribution is -0.137. The van der Waals surface area contributed by atoms with Crippen LogP contribution in [-0.2, 0) is 19.1 Å². The second kappa shape index (κ2) is 5.19. The van der Waals surface area contributed by atoms with Crippen LogP contribution in [-0.4, -0.2) is 6.54 Å². The smallest absolute Gasteiger partial charge is 0.312 e. The maximum Gasteiger partial charge on any atom is 0.416 e. The summed E-state index contributed by atoms with van der Waals surface area (Å²) < 4.78 is 38.3. The van der Waals surface area contributed by atoms with Gasteiger partial charge in [-0.25, -0.2) is 0 Å². The highest BCUT2D eigenvalue weighted by atomic mass is 19.4. The molecule has 2 aromatic carbocycles. The van der Waals surface area contributed by atoms with Crippen molar-refractivity contribution in [1.82, 2.24) is 5.32 Å². The molecular formula is C17H16F3N. The topological polar surface area (TPSA) is 12.0 Å². The summed E-state index contributed by atoms with van der Waals surface area (Å²) in [5, 5.41) is 3.33. The van der Waals surface area contributed by atoms with E-state index in [2.05, 4.69) is 11.4 Å². The first-order valence-corrected chi connectivity index (χ1v) is 6.96. The van der Waals surface area contributed by atoms with Crippen molar-refractivity contribution in [2.24, 2.45) is 0 Å². The number of halogens is 3. The standard InChI is InChI=1S/C17H16F3N/c1-11-9-13(17(18,19)20)5-6-14(11)15-4-2-3-12-7-8-21-10-16(12)15/h2-6,9,21H,7-8,10H2,1H3. The van der Waals surface area contributed by atoms with Crippen molar-refractivity contribution in [2.45, 2.75) is 26.1 Å². The van der Waals surface area contributed by atoms with Gasteiger partial charge in [0.2, 0.25) is 0 Å². The molecule has 1 heterocycles. The summed E-state index contributed by atoms with van der Waals surface area (Å²) in [7, 11) is 0. The second-order valence-electron chi connectivity index (χ2n) is 5.40. The Morgan fingerprint density at radius 3 is 2.57 bits per heavy atom. The molecule has 0 aromatic heterocycles. The fourth-order valence-corrected chi connectivity index (χ4v) is 2.91. The van der Waals surface area contributed by atoms with Gasteiger partial charge in [0.05, 0.1) is 5.56 Å². The molecule has 4 heteroatoms. The Labute approximate surface area is 121 Å². The Morgan fingerprint density at radius 2 is 1.86 bits per heavy atom. The van der Waals surface area contributed by atoms with Crippen LogP contribution >= 0.6 is 0 Å². The average Bonchev–Trinajstić information content (AvgIpc) is 2.46. The molecule has 1 N–H and O–H groups in total. The van der Waals surface area contributed by atoms with Crippen LogP contribution < -0.4 is 5.32 Å². The molecule has 2 aromatic rings. The van der Waals surface area contributed by atoms with Gasteiger partial charge in [-0.15, -0.1) is 0 Å². The highest BCUT2D eigenvalue weighted by Crippen LogP contribution is 2.35. The van der Waals surface area contributed by atoms with E-state index in [0.29, 0.717) is 5.56 Å². The number of hydrogen-bond acceptors (Lipinski definition) is 1. The molecule has 0 unspecified atom stereocenters. The Hall–Kier alpha value is -1.81. The van der Waals surface area contributed by atoms with Gasteiger partial charge >= 0.3 is 6.18 Å². The fourth-order valence-electron chi connectivity index (χ4n) is 2.91. The number of alkyl halides is 3. The minimum Gasteiger partial charge on any atom is -0.312 e. The van der Waals surface area contributed by atoms with Crippen molar-refractivity contribution in [3.8, 4) is 11.1 Å². The molecule has 0 amide bonds. The monoisotopic (exact) mass is 291 g/mol. The summed E-state index contributed by atoms with van der Waals surface area (Å²) >= 11 is 0. The van der Waals surface area contributed by atoms with Crippen LogP contribution in [0.3, 0.4) is 0 Å². The summed E-state index contributed by atoms with van der Waals surface area (Å²) in [6, 6.07) is 10.0. The van der Waals surface area contributed by atoms with Crippen molar-refractivity contribution >= 4 is 0 Å². The summed E-state index contributed by atoms with van der Waals surface area (Å²) in [5.74, 6) is 0. The first-order chi connectivity index (χ1) is 9.97. The number of hydrogen-bond donors (Lipinski definition) is 1. The molecule has 0 fully saturated rings. The highest BCUT2D eigenvalue weighted by Gasteiger charge is 2.30. The fraction of sp³-hybridized carbons (Fsp3) is 0.294. The normalized spacial score (nSPS) is 14.9. The molecule has 0 saturated carbocycles. The minimum atomic E-state index is -4.29. The molecule has 0 aliphatic carbocycles. The Morgan fingerprint density at radius 1 is 1.05 bits per heavy atom. The zero-order chi connectivity index (χ0) is 15.0. The molecule has 1 aliphatic heterocycles. The van der Waals surface area contributed by atoms with E-state index in [1.54, 1.807) is 13.0 Å². The number of rotatable bonds is 1. The Kier molecular flexibility index (Phi) is 3.49. The maximum atomic E-state index is 12.8. The molecule has 0 atom stereocenters. The van der Waals surface area contributed by atoms with Crippen LogP contribution in [0.2, 0.25) is 0 Å². The molecule has 0 bridgehead atoms. The molecule has 0 saturated heterocycles. The van der Waals surface area contributed by atoms with Crippen molar-refractivity contribution in [1.29, 1.82) is 0 Å². The van der Waals surface area contributed by atoms with Crippen LogP contribution in [0.5, 0.6) is 0 Å². The van der Waals surface area contributed by atoms with E-state index in [1.807, 2.05) is 12.1 Å². The van der Waals surface area contributed by atoms with Gasteiger partial charge in [-0.05, 0) is 59.8 Å². The predicted molar refractivity (Wildman–Crippen MR) is 77.0 cm³/mol. The number of aryl methyl sites for hydroxylation is 1. The summed E-state index contributed by atoms with van der Waals surface area (Å²) in [6.45, 7) is 3.45. The third-order valence-electron chi connectivity index (χ3n) is 3.99. The lowest BCUT2D eigenvalue weighted by atomic mass is 9.89. The highest BCUT2D eigenvalue weighted by molar-refractivity contribution is 5.72. The van der Waals surface area contributed by atoms with Crippen LogP contribution in [0.4, 0.5) is 13.2 Å². The first-order valence-electron chi connectivity index (χ1n) is 6.96. The predicted octanol–water partition coefficient (Wildman–Crippen LogP) is 4.33. The van der Waals surface area contributed by atoms with E-state index < -0.39 is 11.7 Å². The van der Waals surface area contributed by atoms with Crippen molar-refractivity contribution in [3.05, 3.63) is 58.7 Å². The van der Waals surface area contributed by atoms with Gasteiger partial charge in [-0.1, -0.05) is 24.3 Å². The molecule has 110 valence electrons. The van der Waals surface area contributed by atoms with Gasteiger partial charge in [0.1, 0.15) is 0 Å². The summed E-state index contributed by atoms with van der Waals surface area (Å²) in [5.41, 5.74) is 4.46. The zero-order valence-corrected chi connectivity index (χ0v) is 11.7. The maximum absolute atomic E-state index is 12.8. The largest absolute Gasteiger partial charge is 0.416 e. The van der Waals surface area contributed by atoms with Crippen LogP contribution in [0, 0.1) is 6.92 Å². The third kappa shape index (κ3) is 2.68. The summed E-state index contributed by atoms with van der Waals surface area (Å²) in [6.07, 6.45) is -3.33. The third-order valence-corrected chi connectivity index (χ3v) is 3.99. The number of nitrogens with one attached hydrogen (secondary N) is 1. The van der Waals surface area contributed by atoms with E-state index in [0.717, 1.165) is 36.7 Å². The average molecular weight is 291 g/mol. The van der Waals surface area contributed by atoms with E-state index >= 15 is 0 Å². The van der Waals surface area contributed by atoms with Gasteiger partial charge in [0, 0.05) is 6.54 Å². The second-order valence-corrected chi connectivity index (χ2v) is 5.40. The van der Waals surface area contributed by atoms with Crippen molar-refractivity contribution in [3.63, 3.8) is 0 Å². The molecule has 1 aliphatic rings. The van der Waals surface area contributed by atoms with Gasteiger partial charge < -0.3 is 5.32 Å². The van der Waals surface area contributed by atoms with E-state index in [9.17, 15) is 13.2 Å². The molecule has 1 nitrogen and oxygen atoms in total. The summed E-state index contributed by atoms with van der Waals surface area (Å²) in [4.78, 5) is 0. The van der Waals surface area contributed by atoms with Gasteiger partial charge in [-0.3, -0.25) is 0 Å². The lowest BCUT2D eigenvalue weighted by Gasteiger charge is -2.21. The molecule has 0 radical (unpaired) electrons. The van der Waals surface area contributed by atoms with E-state index in [4.69, 9.17) is 0 Å². The van der Waals surface area contributed by atoms with Crippen LogP contribution in [0.15, 0.2) is 36.4 Å². The first kappa shape index (κ1) is 14.1. The zero-order valence-electron chi connectivity index (χ0n) is 11.7. The molecular weight excluding hydrogens is 275 g/mol. The van der Waals surface area contributed by atoms with E-state index in [-0.39, 0.29) is 0 Å². The van der Waals surface area contributed by atoms with Gasteiger partial charge in [-0.2, -0.15) is 13.2 Å².